The van der Waals surface area contributed by atoms with Gasteiger partial charge in [0, 0.05) is 11.6 Å². The zero-order valence-electron chi connectivity index (χ0n) is 22.8. The molecular formula is C29H21F10NO4. The highest BCUT2D eigenvalue weighted by Crippen LogP contribution is 2.43. The number of methoxy groups -OCH3 is 1. The van der Waals surface area contributed by atoms with Crippen LogP contribution in [0.2, 0.25) is 0 Å². The fraction of sp³-hybridized carbons (Fsp3) is 0.310. The molecule has 1 aliphatic heterocycles. The highest BCUT2D eigenvalue weighted by atomic mass is 19.4. The van der Waals surface area contributed by atoms with Gasteiger partial charge in [-0.2, -0.15) is 39.5 Å². The van der Waals surface area contributed by atoms with Crippen molar-refractivity contribution in [1.29, 1.82) is 0 Å². The van der Waals surface area contributed by atoms with Gasteiger partial charge in [-0.15, -0.1) is 0 Å². The number of rotatable bonds is 6. The van der Waals surface area contributed by atoms with E-state index in [2.05, 4.69) is 0 Å². The first-order chi connectivity index (χ1) is 20.2. The first-order valence-corrected chi connectivity index (χ1v) is 12.6. The van der Waals surface area contributed by atoms with E-state index in [1.54, 1.807) is 0 Å². The Kier molecular flexibility index (Phi) is 8.39. The van der Waals surface area contributed by atoms with E-state index in [-0.39, 0.29) is 28.5 Å². The van der Waals surface area contributed by atoms with Gasteiger partial charge >= 0.3 is 24.6 Å². The van der Waals surface area contributed by atoms with Crippen molar-refractivity contribution in [1.82, 2.24) is 4.90 Å². The molecule has 5 nitrogen and oxygen atoms in total. The van der Waals surface area contributed by atoms with E-state index >= 15 is 0 Å². The highest BCUT2D eigenvalue weighted by Gasteiger charge is 2.44. The average molecular weight is 639 g/mol. The van der Waals surface area contributed by atoms with Gasteiger partial charge in [0.05, 0.1) is 42.0 Å². The van der Waals surface area contributed by atoms with Crippen molar-refractivity contribution in [3.05, 3.63) is 87.7 Å². The Morgan fingerprint density at radius 1 is 0.841 bits per heavy atom. The Morgan fingerprint density at radius 2 is 1.41 bits per heavy atom. The Morgan fingerprint density at radius 3 is 1.91 bits per heavy atom. The van der Waals surface area contributed by atoms with E-state index in [0.717, 1.165) is 37.1 Å². The lowest BCUT2D eigenvalue weighted by molar-refractivity contribution is -0.143. The number of hydrogen-bond acceptors (Lipinski definition) is 4. The van der Waals surface area contributed by atoms with Crippen molar-refractivity contribution in [3.63, 3.8) is 0 Å². The first-order valence-electron chi connectivity index (χ1n) is 12.6. The van der Waals surface area contributed by atoms with Crippen molar-refractivity contribution in [2.45, 2.75) is 51.1 Å². The minimum absolute atomic E-state index is 0.0210. The second-order valence-corrected chi connectivity index (χ2v) is 9.97. The number of halogens is 10. The van der Waals surface area contributed by atoms with Gasteiger partial charge in [0.1, 0.15) is 17.7 Å². The molecule has 1 fully saturated rings. The number of Topliss-reactive ketones (excluding diaryl/α,β-unsaturated/α-hetero) is 1. The Hall–Kier alpha value is -4.30. The molecule has 1 aliphatic rings. The predicted molar refractivity (Wildman–Crippen MR) is 134 cm³/mol. The van der Waals surface area contributed by atoms with E-state index in [1.807, 2.05) is 0 Å². The van der Waals surface area contributed by atoms with Crippen LogP contribution in [-0.4, -0.2) is 29.9 Å². The van der Waals surface area contributed by atoms with E-state index in [1.165, 1.54) is 6.92 Å². The monoisotopic (exact) mass is 639 g/mol. The molecule has 1 heterocycles. The lowest BCUT2D eigenvalue weighted by atomic mass is 9.94. The Balaban J connectivity index is 1.82. The highest BCUT2D eigenvalue weighted by molar-refractivity contribution is 5.96. The summed E-state index contributed by atoms with van der Waals surface area (Å²) in [4.78, 5) is 25.7. The number of benzene rings is 3. The van der Waals surface area contributed by atoms with Crippen LogP contribution < -0.4 is 4.74 Å². The fourth-order valence-electron chi connectivity index (χ4n) is 4.85. The van der Waals surface area contributed by atoms with Gasteiger partial charge in [0.2, 0.25) is 0 Å². The first kappa shape index (κ1) is 32.6. The van der Waals surface area contributed by atoms with Crippen LogP contribution in [0.4, 0.5) is 48.7 Å². The van der Waals surface area contributed by atoms with Crippen molar-refractivity contribution < 1.29 is 63.0 Å². The van der Waals surface area contributed by atoms with Crippen LogP contribution in [0.5, 0.6) is 5.75 Å². The molecule has 0 spiro atoms. The maximum Gasteiger partial charge on any atom is 0.416 e. The molecule has 44 heavy (non-hydrogen) atoms. The smallest absolute Gasteiger partial charge is 0.416 e. The minimum Gasteiger partial charge on any atom is -0.496 e. The zero-order chi connectivity index (χ0) is 32.9. The number of cyclic esters (lactones) is 1. The molecule has 0 bridgehead atoms. The van der Waals surface area contributed by atoms with Crippen LogP contribution in [0.1, 0.15) is 58.1 Å². The third-order valence-corrected chi connectivity index (χ3v) is 7.06. The Bertz CT molecular complexity index is 1580. The average Bonchev–Trinajstić information content (AvgIpc) is 3.19. The third kappa shape index (κ3) is 6.45. The summed E-state index contributed by atoms with van der Waals surface area (Å²) in [5.41, 5.74) is -5.76. The van der Waals surface area contributed by atoms with Crippen LogP contribution in [-0.2, 0) is 29.8 Å². The van der Waals surface area contributed by atoms with Crippen molar-refractivity contribution in [2.75, 3.05) is 7.11 Å². The largest absolute Gasteiger partial charge is 0.496 e. The minimum atomic E-state index is -5.18. The molecule has 15 heteroatoms. The summed E-state index contributed by atoms with van der Waals surface area (Å²) in [5, 5.41) is 0. The Labute approximate surface area is 243 Å². The van der Waals surface area contributed by atoms with Crippen molar-refractivity contribution in [3.8, 4) is 16.9 Å². The van der Waals surface area contributed by atoms with Crippen LogP contribution in [0.25, 0.3) is 11.1 Å². The predicted octanol–water partition coefficient (Wildman–Crippen LogP) is 8.84. The van der Waals surface area contributed by atoms with E-state index in [4.69, 9.17) is 9.47 Å². The number of alkyl halides is 9. The van der Waals surface area contributed by atoms with Gasteiger partial charge in [-0.3, -0.25) is 9.69 Å². The molecule has 0 aromatic heterocycles. The van der Waals surface area contributed by atoms with Crippen molar-refractivity contribution in [2.24, 2.45) is 0 Å². The van der Waals surface area contributed by atoms with Crippen LogP contribution in [0, 0.1) is 5.82 Å². The number of ketones is 1. The summed E-state index contributed by atoms with van der Waals surface area (Å²) in [6, 6.07) is 3.71. The topological polar surface area (TPSA) is 55.8 Å². The molecule has 1 saturated heterocycles. The molecule has 0 radical (unpaired) electrons. The van der Waals surface area contributed by atoms with E-state index in [9.17, 15) is 53.5 Å². The third-order valence-electron chi connectivity index (χ3n) is 7.06. The molecule has 1 amide bonds. The lowest BCUT2D eigenvalue weighted by Gasteiger charge is -2.24. The fourth-order valence-corrected chi connectivity index (χ4v) is 4.85. The summed E-state index contributed by atoms with van der Waals surface area (Å²) in [7, 11) is 1.14. The van der Waals surface area contributed by atoms with Crippen LogP contribution in [0.3, 0.4) is 0 Å². The number of nitrogens with zero attached hydrogens (tertiary/aromatic N) is 1. The zero-order valence-corrected chi connectivity index (χ0v) is 22.8. The molecule has 0 N–H and O–H groups in total. The standard InChI is InChI=1S/C29H21F10NO4/c1-13-25(15-6-18(28(34,35)36)9-19(7-15)29(37,38)39)44-26(42)40(13)12-16-8-17(27(31,32)33)4-5-20(16)22-10-21(14(2)41)23(30)11-24(22)43-3/h4-11,13,25H,12H2,1-3H3/t13-,25-/m0/s1/i2+1,14+1. The summed E-state index contributed by atoms with van der Waals surface area (Å²) < 4.78 is 146. The molecule has 0 saturated carbocycles. The second kappa shape index (κ2) is 11.3. The number of amides is 1. The van der Waals surface area contributed by atoms with Crippen LogP contribution in [0.15, 0.2) is 48.5 Å². The molecular weight excluding hydrogens is 618 g/mol. The van der Waals surface area contributed by atoms with Crippen LogP contribution >= 0.6 is 0 Å². The normalized spacial score (nSPS) is 17.6. The molecule has 3 aromatic carbocycles. The number of hydrogen-bond donors (Lipinski definition) is 0. The SMILES string of the molecule is COc1cc(F)c([13C]([13CH3])=O)cc1-c1ccc(C(F)(F)F)cc1CN1C(=O)O[C@H](c2cc(C(F)(F)F)cc(C(F)(F)F)c2)[C@@H]1C. The number of ether oxygens (including phenoxy) is 2. The van der Waals surface area contributed by atoms with Gasteiger partial charge in [0.25, 0.3) is 0 Å². The van der Waals surface area contributed by atoms with Crippen molar-refractivity contribution >= 4 is 11.9 Å². The summed E-state index contributed by atoms with van der Waals surface area (Å²) in [5.74, 6) is -1.85. The van der Waals surface area contributed by atoms with Gasteiger partial charge in [-0.25, -0.2) is 9.18 Å². The summed E-state index contributed by atoms with van der Waals surface area (Å²) >= 11 is 0. The van der Waals surface area contributed by atoms with Gasteiger partial charge in [0.15, 0.2) is 5.78 Å². The van der Waals surface area contributed by atoms with Gasteiger partial charge in [-0.05, 0) is 66.9 Å². The number of carbonyl (C=O) groups is 2. The maximum atomic E-state index is 14.5. The molecule has 0 aliphatic carbocycles. The molecule has 4 rings (SSSR count). The second-order valence-electron chi connectivity index (χ2n) is 9.97. The van der Waals surface area contributed by atoms with Gasteiger partial charge < -0.3 is 9.47 Å². The summed E-state index contributed by atoms with van der Waals surface area (Å²) in [6.07, 6.45) is -18.1. The van der Waals surface area contributed by atoms with Gasteiger partial charge in [-0.1, -0.05) is 6.07 Å². The maximum absolute atomic E-state index is 14.5. The molecule has 2 atom stereocenters. The summed E-state index contributed by atoms with van der Waals surface area (Å²) in [6.45, 7) is 1.63. The number of carbonyl (C=O) groups excluding carboxylic acids is 2. The molecule has 0 unspecified atom stereocenters. The van der Waals surface area contributed by atoms with E-state index in [0.29, 0.717) is 24.3 Å². The lowest BCUT2D eigenvalue weighted by Crippen LogP contribution is -2.32. The molecule has 3 aromatic rings. The molecule has 236 valence electrons. The van der Waals surface area contributed by atoms with E-state index < -0.39 is 82.7 Å². The quantitative estimate of drug-likeness (QED) is 0.154.